The van der Waals surface area contributed by atoms with Crippen molar-refractivity contribution >= 4 is 45.2 Å². The number of methoxy groups -OCH3 is 2. The SMILES string of the molecule is COC(=O)CCC(=O)c1ncc(-c2cccc(Cl)c2)cc1O.COC(=O)CCC(=O)c1ncc(OS(C)(=O)=O)cc1O. The lowest BCUT2D eigenvalue weighted by Gasteiger charge is -2.06. The molecule has 0 atom stereocenters. The van der Waals surface area contributed by atoms with Gasteiger partial charge in [-0.05, 0) is 23.8 Å². The van der Waals surface area contributed by atoms with Crippen LogP contribution in [0.4, 0.5) is 0 Å². The van der Waals surface area contributed by atoms with Crippen LogP contribution in [-0.2, 0) is 29.2 Å². The van der Waals surface area contributed by atoms with E-state index in [1.54, 1.807) is 18.2 Å². The zero-order valence-electron chi connectivity index (χ0n) is 22.7. The van der Waals surface area contributed by atoms with Crippen LogP contribution in [0.3, 0.4) is 0 Å². The van der Waals surface area contributed by atoms with Crippen molar-refractivity contribution < 1.29 is 51.5 Å². The van der Waals surface area contributed by atoms with Crippen molar-refractivity contribution in [3.63, 3.8) is 0 Å². The molecule has 3 aromatic rings. The first-order chi connectivity index (χ1) is 19.7. The van der Waals surface area contributed by atoms with E-state index in [0.29, 0.717) is 10.6 Å². The second-order valence-electron chi connectivity index (χ2n) is 8.43. The minimum Gasteiger partial charge on any atom is -0.506 e. The number of ketones is 2. The van der Waals surface area contributed by atoms with Crippen LogP contribution >= 0.6 is 11.6 Å². The van der Waals surface area contributed by atoms with Crippen LogP contribution in [0.2, 0.25) is 5.02 Å². The van der Waals surface area contributed by atoms with Crippen molar-refractivity contribution in [2.45, 2.75) is 25.7 Å². The van der Waals surface area contributed by atoms with Crippen molar-refractivity contribution in [2.75, 3.05) is 20.5 Å². The molecule has 0 fully saturated rings. The zero-order valence-corrected chi connectivity index (χ0v) is 24.3. The largest absolute Gasteiger partial charge is 0.506 e. The van der Waals surface area contributed by atoms with E-state index >= 15 is 0 Å². The maximum Gasteiger partial charge on any atom is 0.306 e. The van der Waals surface area contributed by atoms with E-state index in [0.717, 1.165) is 24.1 Å². The Bertz CT molecular complexity index is 1580. The third kappa shape index (κ3) is 10.8. The summed E-state index contributed by atoms with van der Waals surface area (Å²) < 4.78 is 35.1. The molecule has 0 saturated heterocycles. The van der Waals surface area contributed by atoms with Gasteiger partial charge in [0.15, 0.2) is 17.3 Å². The van der Waals surface area contributed by atoms with Gasteiger partial charge in [0.05, 0.1) is 39.5 Å². The van der Waals surface area contributed by atoms with Crippen molar-refractivity contribution in [3.05, 3.63) is 65.2 Å². The predicted molar refractivity (Wildman–Crippen MR) is 149 cm³/mol. The molecule has 2 N–H and O–H groups in total. The Morgan fingerprint density at radius 3 is 1.76 bits per heavy atom. The molecule has 1 aromatic carbocycles. The first kappa shape index (κ1) is 33.6. The lowest BCUT2D eigenvalue weighted by Crippen LogP contribution is -2.09. The van der Waals surface area contributed by atoms with E-state index in [9.17, 15) is 37.8 Å². The fraction of sp³-hybridized carbons (Fsp3) is 0.259. The summed E-state index contributed by atoms with van der Waals surface area (Å²) >= 11 is 5.92. The van der Waals surface area contributed by atoms with Crippen LogP contribution in [0.15, 0.2) is 48.8 Å². The highest BCUT2D eigenvalue weighted by atomic mass is 35.5. The van der Waals surface area contributed by atoms with Crippen LogP contribution in [0, 0.1) is 0 Å². The molecular formula is C27H27ClN2O11S. The molecule has 224 valence electrons. The Kier molecular flexibility index (Phi) is 12.4. The fourth-order valence-corrected chi connectivity index (χ4v) is 3.87. The molecule has 0 aliphatic carbocycles. The molecule has 0 spiro atoms. The van der Waals surface area contributed by atoms with Gasteiger partial charge in [0.25, 0.3) is 0 Å². The molecular weight excluding hydrogens is 596 g/mol. The van der Waals surface area contributed by atoms with Gasteiger partial charge in [-0.25, -0.2) is 9.97 Å². The molecule has 42 heavy (non-hydrogen) atoms. The van der Waals surface area contributed by atoms with Gasteiger partial charge in [-0.15, -0.1) is 0 Å². The molecule has 0 amide bonds. The van der Waals surface area contributed by atoms with Gasteiger partial charge in [0, 0.05) is 35.7 Å². The number of halogens is 1. The molecule has 2 heterocycles. The average molecular weight is 623 g/mol. The van der Waals surface area contributed by atoms with E-state index in [1.807, 2.05) is 6.07 Å². The minimum atomic E-state index is -3.75. The summed E-state index contributed by atoms with van der Waals surface area (Å²) in [6.07, 6.45) is 2.87. The van der Waals surface area contributed by atoms with Gasteiger partial charge in [0.1, 0.15) is 22.9 Å². The first-order valence-corrected chi connectivity index (χ1v) is 14.2. The standard InChI is InChI=1S/C16H14ClNO4.C11H13NO7S/c1-22-15(21)6-5-13(19)16-14(20)8-11(9-18-16)10-3-2-4-12(17)7-10;1-18-10(15)4-3-8(13)11-9(14)5-7(6-12-11)19-20(2,16)17/h2-4,7-9,20H,5-6H2,1H3;5-6,14H,3-4H2,1-2H3. The zero-order chi connectivity index (χ0) is 31.4. The lowest BCUT2D eigenvalue weighted by molar-refractivity contribution is -0.141. The number of pyridine rings is 2. The smallest absolute Gasteiger partial charge is 0.306 e. The summed E-state index contributed by atoms with van der Waals surface area (Å²) in [7, 11) is -1.30. The molecule has 3 rings (SSSR count). The number of benzene rings is 1. The van der Waals surface area contributed by atoms with Gasteiger partial charge in [-0.2, -0.15) is 8.42 Å². The Labute approximate surface area is 246 Å². The highest BCUT2D eigenvalue weighted by Gasteiger charge is 2.18. The molecule has 0 bridgehead atoms. The van der Waals surface area contributed by atoms with Crippen molar-refractivity contribution in [1.82, 2.24) is 9.97 Å². The molecule has 0 aliphatic heterocycles. The number of rotatable bonds is 11. The molecule has 0 saturated carbocycles. The number of aromatic nitrogens is 2. The van der Waals surface area contributed by atoms with Crippen molar-refractivity contribution in [1.29, 1.82) is 0 Å². The Balaban J connectivity index is 0.000000295. The van der Waals surface area contributed by atoms with Crippen LogP contribution < -0.4 is 4.18 Å². The number of Topliss-reactive ketones (excluding diaryl/α,β-unsaturated/α-hetero) is 2. The molecule has 13 nitrogen and oxygen atoms in total. The fourth-order valence-electron chi connectivity index (χ4n) is 3.24. The van der Waals surface area contributed by atoms with Gasteiger partial charge in [-0.3, -0.25) is 19.2 Å². The molecule has 15 heteroatoms. The number of esters is 2. The Morgan fingerprint density at radius 2 is 1.31 bits per heavy atom. The number of ether oxygens (including phenoxy) is 2. The summed E-state index contributed by atoms with van der Waals surface area (Å²) in [4.78, 5) is 53.2. The molecule has 2 aromatic heterocycles. The van der Waals surface area contributed by atoms with Crippen LogP contribution in [0.1, 0.15) is 46.7 Å². The highest BCUT2D eigenvalue weighted by Crippen LogP contribution is 2.27. The third-order valence-electron chi connectivity index (χ3n) is 5.21. The number of hydrogen-bond donors (Lipinski definition) is 2. The normalized spacial score (nSPS) is 10.6. The van der Waals surface area contributed by atoms with Gasteiger partial charge in [-0.1, -0.05) is 23.7 Å². The van der Waals surface area contributed by atoms with Gasteiger partial charge < -0.3 is 23.9 Å². The minimum absolute atomic E-state index is 0.0491. The van der Waals surface area contributed by atoms with E-state index in [2.05, 4.69) is 23.6 Å². The monoisotopic (exact) mass is 622 g/mol. The van der Waals surface area contributed by atoms with Crippen LogP contribution in [0.25, 0.3) is 11.1 Å². The van der Waals surface area contributed by atoms with E-state index in [4.69, 9.17) is 11.6 Å². The topological polar surface area (TPSA) is 196 Å². The average Bonchev–Trinajstić information content (AvgIpc) is 2.93. The molecule has 0 unspecified atom stereocenters. The van der Waals surface area contributed by atoms with Gasteiger partial charge in [0.2, 0.25) is 0 Å². The maximum atomic E-state index is 11.9. The Morgan fingerprint density at radius 1 is 0.786 bits per heavy atom. The molecule has 0 aliphatic rings. The number of hydrogen-bond acceptors (Lipinski definition) is 13. The van der Waals surface area contributed by atoms with Crippen LogP contribution in [0.5, 0.6) is 17.2 Å². The second-order valence-corrected chi connectivity index (χ2v) is 10.4. The maximum absolute atomic E-state index is 11.9. The number of aromatic hydroxyl groups is 2. The first-order valence-electron chi connectivity index (χ1n) is 12.0. The van der Waals surface area contributed by atoms with Gasteiger partial charge >= 0.3 is 22.1 Å². The summed E-state index contributed by atoms with van der Waals surface area (Å²) in [6, 6.07) is 9.48. The highest BCUT2D eigenvalue weighted by molar-refractivity contribution is 7.86. The van der Waals surface area contributed by atoms with E-state index < -0.39 is 39.4 Å². The summed E-state index contributed by atoms with van der Waals surface area (Å²) in [5.41, 5.74) is 1.10. The van der Waals surface area contributed by atoms with Crippen LogP contribution in [-0.4, -0.2) is 72.6 Å². The van der Waals surface area contributed by atoms with Crippen molar-refractivity contribution in [2.24, 2.45) is 0 Å². The quantitative estimate of drug-likeness (QED) is 0.179. The summed E-state index contributed by atoms with van der Waals surface area (Å²) in [6.45, 7) is 0. The summed E-state index contributed by atoms with van der Waals surface area (Å²) in [5, 5.41) is 20.2. The number of nitrogens with zero attached hydrogens (tertiary/aromatic N) is 2. The predicted octanol–water partition coefficient (Wildman–Crippen LogP) is 3.51. The number of carbonyl (C=O) groups is 4. The summed E-state index contributed by atoms with van der Waals surface area (Å²) in [5.74, 6) is -3.00. The molecule has 0 radical (unpaired) electrons. The third-order valence-corrected chi connectivity index (χ3v) is 5.94. The lowest BCUT2D eigenvalue weighted by atomic mass is 10.1. The van der Waals surface area contributed by atoms with E-state index in [1.165, 1.54) is 26.5 Å². The second kappa shape index (κ2) is 15.4. The van der Waals surface area contributed by atoms with Crippen molar-refractivity contribution in [3.8, 4) is 28.4 Å². The number of carbonyl (C=O) groups excluding carboxylic acids is 4. The Hall–Kier alpha value is -4.56. The van der Waals surface area contributed by atoms with E-state index in [-0.39, 0.29) is 48.6 Å².